The number of hydrogen-bond acceptors (Lipinski definition) is 3. The van der Waals surface area contributed by atoms with E-state index in [-0.39, 0.29) is 23.0 Å². The molecule has 30 heavy (non-hydrogen) atoms. The second kappa shape index (κ2) is 7.82. The van der Waals surface area contributed by atoms with Crippen LogP contribution in [0.3, 0.4) is 0 Å². The standard InChI is InChI=1S/C25H26N2O3/c1-25(2,3)19-10-12-20(13-11-19)26-23(28)21-15-17-7-4-5-8-18(17)16-27(21)24(29)22-9-6-14-30-22/h4-14,21H,15-16H2,1-3H3,(H,26,28). The van der Waals surface area contributed by atoms with E-state index >= 15 is 0 Å². The van der Waals surface area contributed by atoms with E-state index in [0.29, 0.717) is 13.0 Å². The van der Waals surface area contributed by atoms with Crippen LogP contribution < -0.4 is 5.32 Å². The molecule has 2 amide bonds. The minimum Gasteiger partial charge on any atom is -0.459 e. The van der Waals surface area contributed by atoms with E-state index in [1.54, 1.807) is 17.0 Å². The molecule has 0 bridgehead atoms. The van der Waals surface area contributed by atoms with Gasteiger partial charge in [-0.05, 0) is 46.4 Å². The molecule has 2 aromatic carbocycles. The molecule has 2 heterocycles. The molecule has 0 fully saturated rings. The molecule has 1 aliphatic rings. The van der Waals surface area contributed by atoms with Gasteiger partial charge in [-0.15, -0.1) is 0 Å². The van der Waals surface area contributed by atoms with Crippen molar-refractivity contribution in [2.24, 2.45) is 0 Å². The van der Waals surface area contributed by atoms with E-state index in [1.165, 1.54) is 11.8 Å². The average Bonchev–Trinajstić information content (AvgIpc) is 3.27. The van der Waals surface area contributed by atoms with Crippen molar-refractivity contribution >= 4 is 17.5 Å². The molecule has 0 spiro atoms. The molecule has 1 N–H and O–H groups in total. The smallest absolute Gasteiger partial charge is 0.290 e. The molecular formula is C25H26N2O3. The first-order valence-electron chi connectivity index (χ1n) is 10.2. The van der Waals surface area contributed by atoms with Gasteiger partial charge in [-0.25, -0.2) is 0 Å². The lowest BCUT2D eigenvalue weighted by atomic mass is 9.87. The largest absolute Gasteiger partial charge is 0.459 e. The molecular weight excluding hydrogens is 376 g/mol. The lowest BCUT2D eigenvalue weighted by molar-refractivity contribution is -0.121. The van der Waals surface area contributed by atoms with Crippen molar-refractivity contribution < 1.29 is 14.0 Å². The average molecular weight is 402 g/mol. The third-order valence-electron chi connectivity index (χ3n) is 5.56. The number of fused-ring (bicyclic) bond motifs is 1. The Kier molecular flexibility index (Phi) is 5.20. The quantitative estimate of drug-likeness (QED) is 0.686. The van der Waals surface area contributed by atoms with E-state index in [0.717, 1.165) is 16.8 Å². The highest BCUT2D eigenvalue weighted by Crippen LogP contribution is 2.27. The molecule has 1 atom stereocenters. The molecule has 5 heteroatoms. The number of hydrogen-bond donors (Lipinski definition) is 1. The summed E-state index contributed by atoms with van der Waals surface area (Å²) in [6, 6.07) is 18.5. The SMILES string of the molecule is CC(C)(C)c1ccc(NC(=O)C2Cc3ccccc3CN2C(=O)c2ccco2)cc1. The minimum atomic E-state index is -0.611. The fraction of sp³-hybridized carbons (Fsp3) is 0.280. The van der Waals surface area contributed by atoms with Crippen LogP contribution in [-0.2, 0) is 23.2 Å². The normalized spacial score (nSPS) is 16.1. The molecule has 1 aliphatic heterocycles. The van der Waals surface area contributed by atoms with Gasteiger partial charge in [-0.2, -0.15) is 0 Å². The highest BCUT2D eigenvalue weighted by Gasteiger charge is 2.36. The highest BCUT2D eigenvalue weighted by molar-refractivity contribution is 6.00. The van der Waals surface area contributed by atoms with Crippen LogP contribution in [0.2, 0.25) is 0 Å². The first kappa shape index (κ1) is 20.0. The highest BCUT2D eigenvalue weighted by atomic mass is 16.3. The van der Waals surface area contributed by atoms with E-state index in [4.69, 9.17) is 4.42 Å². The van der Waals surface area contributed by atoms with Crippen LogP contribution in [0, 0.1) is 0 Å². The third-order valence-corrected chi connectivity index (χ3v) is 5.56. The van der Waals surface area contributed by atoms with Crippen molar-refractivity contribution in [2.45, 2.75) is 45.2 Å². The molecule has 0 radical (unpaired) electrons. The van der Waals surface area contributed by atoms with Crippen LogP contribution in [0.5, 0.6) is 0 Å². The maximum Gasteiger partial charge on any atom is 0.290 e. The zero-order chi connectivity index (χ0) is 21.3. The summed E-state index contributed by atoms with van der Waals surface area (Å²) in [5.74, 6) is -0.243. The molecule has 154 valence electrons. The number of carbonyl (C=O) groups excluding carboxylic acids is 2. The van der Waals surface area contributed by atoms with Gasteiger partial charge in [0.25, 0.3) is 5.91 Å². The molecule has 1 unspecified atom stereocenters. The van der Waals surface area contributed by atoms with Crippen LogP contribution in [-0.4, -0.2) is 22.8 Å². The fourth-order valence-corrected chi connectivity index (χ4v) is 3.79. The number of nitrogens with zero attached hydrogens (tertiary/aromatic N) is 1. The summed E-state index contributed by atoms with van der Waals surface area (Å²) in [5.41, 5.74) is 4.10. The second-order valence-corrected chi connectivity index (χ2v) is 8.72. The maximum absolute atomic E-state index is 13.2. The van der Waals surface area contributed by atoms with Gasteiger partial charge >= 0.3 is 0 Å². The Morgan fingerprint density at radius 1 is 0.967 bits per heavy atom. The van der Waals surface area contributed by atoms with E-state index in [2.05, 4.69) is 26.1 Å². The number of benzene rings is 2. The fourth-order valence-electron chi connectivity index (χ4n) is 3.79. The maximum atomic E-state index is 13.2. The molecule has 0 saturated heterocycles. The molecule has 1 aromatic heterocycles. The van der Waals surface area contributed by atoms with Gasteiger partial charge in [0.15, 0.2) is 5.76 Å². The van der Waals surface area contributed by atoms with E-state index in [9.17, 15) is 9.59 Å². The number of nitrogens with one attached hydrogen (secondary N) is 1. The van der Waals surface area contributed by atoms with Crippen LogP contribution >= 0.6 is 0 Å². The van der Waals surface area contributed by atoms with Crippen molar-refractivity contribution in [3.8, 4) is 0 Å². The molecule has 0 aliphatic carbocycles. The van der Waals surface area contributed by atoms with Crippen LogP contribution in [0.15, 0.2) is 71.3 Å². The summed E-state index contributed by atoms with van der Waals surface area (Å²) in [6.45, 7) is 6.82. The molecule has 5 nitrogen and oxygen atoms in total. The van der Waals surface area contributed by atoms with Crippen molar-refractivity contribution in [2.75, 3.05) is 5.32 Å². The Morgan fingerprint density at radius 3 is 2.30 bits per heavy atom. The summed E-state index contributed by atoms with van der Waals surface area (Å²) in [6.07, 6.45) is 1.94. The van der Waals surface area contributed by atoms with Crippen molar-refractivity contribution in [1.29, 1.82) is 0 Å². The summed E-state index contributed by atoms with van der Waals surface area (Å²) >= 11 is 0. The van der Waals surface area contributed by atoms with Gasteiger partial charge in [0.1, 0.15) is 6.04 Å². The zero-order valence-electron chi connectivity index (χ0n) is 17.5. The number of amides is 2. The lowest BCUT2D eigenvalue weighted by Crippen LogP contribution is -2.50. The van der Waals surface area contributed by atoms with Gasteiger partial charge in [-0.3, -0.25) is 9.59 Å². The predicted octanol–water partition coefficient (Wildman–Crippen LogP) is 4.78. The van der Waals surface area contributed by atoms with Crippen molar-refractivity contribution in [3.05, 3.63) is 89.4 Å². The van der Waals surface area contributed by atoms with Gasteiger partial charge in [0.2, 0.25) is 5.91 Å². The summed E-state index contributed by atoms with van der Waals surface area (Å²) in [4.78, 5) is 27.9. The van der Waals surface area contributed by atoms with Crippen LogP contribution in [0.25, 0.3) is 0 Å². The van der Waals surface area contributed by atoms with E-state index in [1.807, 2.05) is 48.5 Å². The van der Waals surface area contributed by atoms with Gasteiger partial charge < -0.3 is 14.6 Å². The van der Waals surface area contributed by atoms with Gasteiger partial charge in [0.05, 0.1) is 6.26 Å². The number of carbonyl (C=O) groups is 2. The number of furan rings is 1. The first-order chi connectivity index (χ1) is 14.3. The first-order valence-corrected chi connectivity index (χ1v) is 10.2. The molecule has 0 saturated carbocycles. The Labute approximate surface area is 176 Å². The monoisotopic (exact) mass is 402 g/mol. The number of anilines is 1. The molecule has 3 aromatic rings. The van der Waals surface area contributed by atoms with Gasteiger partial charge in [-0.1, -0.05) is 57.2 Å². The van der Waals surface area contributed by atoms with Gasteiger partial charge in [0, 0.05) is 18.7 Å². The third kappa shape index (κ3) is 4.01. The minimum absolute atomic E-state index is 0.0435. The topological polar surface area (TPSA) is 62.6 Å². The Balaban J connectivity index is 1.59. The summed E-state index contributed by atoms with van der Waals surface area (Å²) in [5, 5.41) is 2.99. The van der Waals surface area contributed by atoms with Crippen molar-refractivity contribution in [1.82, 2.24) is 4.90 Å². The lowest BCUT2D eigenvalue weighted by Gasteiger charge is -2.35. The van der Waals surface area contributed by atoms with E-state index < -0.39 is 6.04 Å². The Morgan fingerprint density at radius 2 is 1.67 bits per heavy atom. The predicted molar refractivity (Wildman–Crippen MR) is 116 cm³/mol. The molecule has 4 rings (SSSR count). The Bertz CT molecular complexity index is 1050. The summed E-state index contributed by atoms with van der Waals surface area (Å²) < 4.78 is 5.30. The van der Waals surface area contributed by atoms with Crippen LogP contribution in [0.4, 0.5) is 5.69 Å². The van der Waals surface area contributed by atoms with Crippen LogP contribution in [0.1, 0.15) is 48.0 Å². The number of rotatable bonds is 3. The summed E-state index contributed by atoms with van der Waals surface area (Å²) in [7, 11) is 0. The Hall–Kier alpha value is -3.34. The second-order valence-electron chi connectivity index (χ2n) is 8.72. The zero-order valence-corrected chi connectivity index (χ0v) is 17.5. The van der Waals surface area contributed by atoms with Crippen molar-refractivity contribution in [3.63, 3.8) is 0 Å².